The van der Waals surface area contributed by atoms with E-state index in [-0.39, 0.29) is 5.91 Å². The van der Waals surface area contributed by atoms with Crippen molar-refractivity contribution in [3.05, 3.63) is 34.9 Å². The molecule has 1 aliphatic rings. The highest BCUT2D eigenvalue weighted by Gasteiger charge is 2.10. The van der Waals surface area contributed by atoms with Crippen LogP contribution >= 0.6 is 11.6 Å². The third kappa shape index (κ3) is 4.35. The van der Waals surface area contributed by atoms with Crippen LogP contribution in [0, 0.1) is 0 Å². The second-order valence-corrected chi connectivity index (χ2v) is 5.27. The number of rotatable bonds is 2. The van der Waals surface area contributed by atoms with Gasteiger partial charge in [-0.1, -0.05) is 43.0 Å². The summed E-state index contributed by atoms with van der Waals surface area (Å²) in [5.41, 5.74) is 4.19. The van der Waals surface area contributed by atoms with Gasteiger partial charge in [-0.25, -0.2) is 5.43 Å². The summed E-state index contributed by atoms with van der Waals surface area (Å²) in [6, 6.07) is 7.01. The van der Waals surface area contributed by atoms with E-state index in [0.29, 0.717) is 10.6 Å². The second-order valence-electron chi connectivity index (χ2n) is 4.87. The van der Waals surface area contributed by atoms with E-state index in [1.807, 2.05) is 0 Å². The van der Waals surface area contributed by atoms with Crippen LogP contribution in [-0.4, -0.2) is 11.6 Å². The van der Waals surface area contributed by atoms with E-state index >= 15 is 0 Å². The number of benzene rings is 1. The number of carbonyl (C=O) groups is 1. The quantitative estimate of drug-likeness (QED) is 0.811. The van der Waals surface area contributed by atoms with E-state index in [2.05, 4.69) is 10.5 Å². The lowest BCUT2D eigenvalue weighted by molar-refractivity contribution is 0.0954. The van der Waals surface area contributed by atoms with Crippen LogP contribution in [-0.2, 0) is 0 Å². The van der Waals surface area contributed by atoms with Crippen molar-refractivity contribution in [1.82, 2.24) is 5.43 Å². The van der Waals surface area contributed by atoms with Gasteiger partial charge >= 0.3 is 0 Å². The molecule has 1 N–H and O–H groups in total. The lowest BCUT2D eigenvalue weighted by Crippen LogP contribution is -2.20. The van der Waals surface area contributed by atoms with Gasteiger partial charge in [0, 0.05) is 5.71 Å². The molecule has 0 unspecified atom stereocenters. The maximum absolute atomic E-state index is 12.0. The highest BCUT2D eigenvalue weighted by molar-refractivity contribution is 6.33. The zero-order chi connectivity index (χ0) is 13.5. The fraction of sp³-hybridized carbons (Fsp3) is 0.467. The van der Waals surface area contributed by atoms with Crippen LogP contribution in [0.25, 0.3) is 0 Å². The monoisotopic (exact) mass is 278 g/mol. The molecular weight excluding hydrogens is 260 g/mol. The number of nitrogens with one attached hydrogen (secondary N) is 1. The van der Waals surface area contributed by atoms with Crippen molar-refractivity contribution in [2.45, 2.75) is 44.9 Å². The molecule has 4 heteroatoms. The molecule has 0 spiro atoms. The van der Waals surface area contributed by atoms with Crippen LogP contribution < -0.4 is 5.43 Å². The second kappa shape index (κ2) is 7.29. The summed E-state index contributed by atoms with van der Waals surface area (Å²) in [5.74, 6) is -0.236. The zero-order valence-electron chi connectivity index (χ0n) is 11.0. The molecule has 1 aromatic rings. The number of halogens is 1. The molecule has 0 saturated heterocycles. The summed E-state index contributed by atoms with van der Waals surface area (Å²) in [6.07, 6.45) is 8.15. The first kappa shape index (κ1) is 14.1. The molecule has 0 heterocycles. The van der Waals surface area contributed by atoms with Crippen LogP contribution in [0.1, 0.15) is 55.3 Å². The number of nitrogens with zero attached hydrogens (tertiary/aromatic N) is 1. The number of carbonyl (C=O) groups excluding carboxylic acids is 1. The van der Waals surface area contributed by atoms with E-state index in [1.54, 1.807) is 24.3 Å². The van der Waals surface area contributed by atoms with Gasteiger partial charge < -0.3 is 0 Å². The first-order valence-electron chi connectivity index (χ1n) is 6.87. The zero-order valence-corrected chi connectivity index (χ0v) is 11.7. The van der Waals surface area contributed by atoms with E-state index in [0.717, 1.165) is 18.6 Å². The fourth-order valence-electron chi connectivity index (χ4n) is 2.26. The molecule has 1 aromatic carbocycles. The molecule has 0 aromatic heterocycles. The van der Waals surface area contributed by atoms with E-state index in [9.17, 15) is 4.79 Å². The van der Waals surface area contributed by atoms with Crippen molar-refractivity contribution >= 4 is 23.2 Å². The van der Waals surface area contributed by atoms with Gasteiger partial charge in [0.25, 0.3) is 5.91 Å². The minimum Gasteiger partial charge on any atom is -0.267 e. The Labute approximate surface area is 119 Å². The van der Waals surface area contributed by atoms with Gasteiger partial charge in [0.1, 0.15) is 0 Å². The number of hydrogen-bond acceptors (Lipinski definition) is 2. The van der Waals surface area contributed by atoms with Gasteiger partial charge in [0.2, 0.25) is 0 Å². The number of hydrogen-bond donors (Lipinski definition) is 1. The molecule has 19 heavy (non-hydrogen) atoms. The smallest absolute Gasteiger partial charge is 0.267 e. The highest BCUT2D eigenvalue weighted by atomic mass is 35.5. The highest BCUT2D eigenvalue weighted by Crippen LogP contribution is 2.16. The van der Waals surface area contributed by atoms with Gasteiger partial charge in [0.05, 0.1) is 10.6 Å². The third-order valence-electron chi connectivity index (χ3n) is 3.36. The Kier molecular flexibility index (Phi) is 5.40. The van der Waals surface area contributed by atoms with E-state index in [1.165, 1.54) is 32.1 Å². The Morgan fingerprint density at radius 3 is 2.37 bits per heavy atom. The average Bonchev–Trinajstić information content (AvgIpc) is 2.37. The molecule has 2 rings (SSSR count). The molecule has 0 aliphatic heterocycles. The number of hydrazone groups is 1. The topological polar surface area (TPSA) is 41.5 Å². The van der Waals surface area contributed by atoms with Gasteiger partial charge in [-0.2, -0.15) is 5.10 Å². The van der Waals surface area contributed by atoms with Crippen LogP contribution in [0.4, 0.5) is 0 Å². The Hall–Kier alpha value is -1.35. The van der Waals surface area contributed by atoms with Crippen LogP contribution in [0.3, 0.4) is 0 Å². The van der Waals surface area contributed by atoms with Gasteiger partial charge in [-0.15, -0.1) is 0 Å². The molecule has 3 nitrogen and oxygen atoms in total. The SMILES string of the molecule is O=C(NN=C1CCCCCCC1)c1ccccc1Cl. The summed E-state index contributed by atoms with van der Waals surface area (Å²) in [5, 5.41) is 4.72. The van der Waals surface area contributed by atoms with Crippen LogP contribution in [0.15, 0.2) is 29.4 Å². The predicted molar refractivity (Wildman–Crippen MR) is 78.7 cm³/mol. The Bertz CT molecular complexity index is 461. The molecule has 1 saturated carbocycles. The van der Waals surface area contributed by atoms with Gasteiger partial charge in [-0.3, -0.25) is 4.79 Å². The molecule has 0 atom stereocenters. The maximum Gasteiger partial charge on any atom is 0.272 e. The Balaban J connectivity index is 1.96. The molecule has 1 amide bonds. The van der Waals surface area contributed by atoms with Gasteiger partial charge in [0.15, 0.2) is 0 Å². The van der Waals surface area contributed by atoms with Crippen molar-refractivity contribution in [2.24, 2.45) is 5.10 Å². The minimum absolute atomic E-state index is 0.236. The minimum atomic E-state index is -0.236. The Morgan fingerprint density at radius 1 is 1.05 bits per heavy atom. The Morgan fingerprint density at radius 2 is 1.68 bits per heavy atom. The lowest BCUT2D eigenvalue weighted by atomic mass is 9.99. The molecule has 1 aliphatic carbocycles. The van der Waals surface area contributed by atoms with Gasteiger partial charge in [-0.05, 0) is 37.8 Å². The summed E-state index contributed by atoms with van der Waals surface area (Å²) in [7, 11) is 0. The third-order valence-corrected chi connectivity index (χ3v) is 3.69. The molecule has 0 bridgehead atoms. The summed E-state index contributed by atoms with van der Waals surface area (Å²) < 4.78 is 0. The normalized spacial score (nSPS) is 16.4. The largest absolute Gasteiger partial charge is 0.272 e. The molecule has 0 radical (unpaired) electrons. The van der Waals surface area contributed by atoms with E-state index < -0.39 is 0 Å². The van der Waals surface area contributed by atoms with Crippen LogP contribution in [0.2, 0.25) is 5.02 Å². The molecule has 102 valence electrons. The first-order chi connectivity index (χ1) is 9.27. The molecular formula is C15H19ClN2O. The lowest BCUT2D eigenvalue weighted by Gasteiger charge is -2.11. The van der Waals surface area contributed by atoms with Crippen molar-refractivity contribution in [1.29, 1.82) is 0 Å². The van der Waals surface area contributed by atoms with Crippen molar-refractivity contribution in [2.75, 3.05) is 0 Å². The summed E-state index contributed by atoms with van der Waals surface area (Å²) in [4.78, 5) is 12.0. The standard InChI is InChI=1S/C15H19ClN2O/c16-14-11-7-6-10-13(14)15(19)18-17-12-8-4-2-1-3-5-9-12/h6-7,10-11H,1-5,8-9H2,(H,18,19). The first-order valence-corrected chi connectivity index (χ1v) is 7.25. The van der Waals surface area contributed by atoms with Crippen molar-refractivity contribution in [3.63, 3.8) is 0 Å². The summed E-state index contributed by atoms with van der Waals surface area (Å²) in [6.45, 7) is 0. The van der Waals surface area contributed by atoms with E-state index in [4.69, 9.17) is 11.6 Å². The summed E-state index contributed by atoms with van der Waals surface area (Å²) >= 11 is 5.98. The van der Waals surface area contributed by atoms with Crippen molar-refractivity contribution < 1.29 is 4.79 Å². The molecule has 1 fully saturated rings. The average molecular weight is 279 g/mol. The van der Waals surface area contributed by atoms with Crippen molar-refractivity contribution in [3.8, 4) is 0 Å². The number of amides is 1. The predicted octanol–water partition coefficient (Wildman–Crippen LogP) is 4.17. The fourth-order valence-corrected chi connectivity index (χ4v) is 2.48. The maximum atomic E-state index is 12.0. The van der Waals surface area contributed by atoms with Crippen LogP contribution in [0.5, 0.6) is 0 Å².